The van der Waals surface area contributed by atoms with E-state index in [1.54, 1.807) is 7.11 Å². The van der Waals surface area contributed by atoms with Crippen LogP contribution in [-0.2, 0) is 9.47 Å². The van der Waals surface area contributed by atoms with Crippen molar-refractivity contribution in [2.24, 2.45) is 5.84 Å². The Hall–Kier alpha value is -1.14. The molecule has 3 N–H and O–H groups in total. The molecule has 5 nitrogen and oxygen atoms in total. The van der Waals surface area contributed by atoms with Crippen LogP contribution >= 0.6 is 0 Å². The van der Waals surface area contributed by atoms with E-state index in [0.717, 1.165) is 17.7 Å². The monoisotopic (exact) mass is 282 g/mol. The van der Waals surface area contributed by atoms with Crippen molar-refractivity contribution in [3.05, 3.63) is 29.8 Å². The number of ether oxygens (including phenoxy) is 3. The van der Waals surface area contributed by atoms with Gasteiger partial charge in [-0.15, -0.1) is 0 Å². The molecule has 20 heavy (non-hydrogen) atoms. The van der Waals surface area contributed by atoms with E-state index in [1.807, 2.05) is 31.2 Å². The summed E-state index contributed by atoms with van der Waals surface area (Å²) >= 11 is 0. The van der Waals surface area contributed by atoms with Crippen molar-refractivity contribution < 1.29 is 14.2 Å². The normalized spacial score (nSPS) is 14.0. The standard InChI is InChI=1S/C15H26N2O3/c1-4-13(19-5-2)15(17-16)12-8-6-7-9-14(12)20-11-10-18-3/h6-9,13,15,17H,4-5,10-11,16H2,1-3H3. The Bertz CT molecular complexity index is 374. The summed E-state index contributed by atoms with van der Waals surface area (Å²) in [5, 5.41) is 0. The first kappa shape index (κ1) is 16.9. The van der Waals surface area contributed by atoms with E-state index in [1.165, 1.54) is 0 Å². The number of methoxy groups -OCH3 is 1. The average molecular weight is 282 g/mol. The van der Waals surface area contributed by atoms with Crippen molar-refractivity contribution in [3.63, 3.8) is 0 Å². The van der Waals surface area contributed by atoms with Crippen LogP contribution < -0.4 is 16.0 Å². The molecule has 1 aromatic carbocycles. The molecule has 0 fully saturated rings. The maximum atomic E-state index is 5.76. The van der Waals surface area contributed by atoms with Gasteiger partial charge in [-0.25, -0.2) is 0 Å². The Balaban J connectivity index is 2.89. The first-order chi connectivity index (χ1) is 9.78. The number of nitrogens with two attached hydrogens (primary N) is 1. The highest BCUT2D eigenvalue weighted by Gasteiger charge is 2.23. The summed E-state index contributed by atoms with van der Waals surface area (Å²) in [6, 6.07) is 7.77. The molecule has 0 bridgehead atoms. The van der Waals surface area contributed by atoms with E-state index >= 15 is 0 Å². The number of rotatable bonds is 10. The maximum Gasteiger partial charge on any atom is 0.124 e. The lowest BCUT2D eigenvalue weighted by atomic mass is 9.99. The third-order valence-corrected chi connectivity index (χ3v) is 3.13. The first-order valence-corrected chi connectivity index (χ1v) is 7.06. The smallest absolute Gasteiger partial charge is 0.124 e. The first-order valence-electron chi connectivity index (χ1n) is 7.06. The van der Waals surface area contributed by atoms with E-state index in [-0.39, 0.29) is 12.1 Å². The molecule has 2 atom stereocenters. The summed E-state index contributed by atoms with van der Waals surface area (Å²) in [6.07, 6.45) is 0.881. The Morgan fingerprint density at radius 3 is 2.55 bits per heavy atom. The number of nitrogens with one attached hydrogen (secondary N) is 1. The lowest BCUT2D eigenvalue weighted by Gasteiger charge is -2.27. The number of hydrogen-bond donors (Lipinski definition) is 2. The van der Waals surface area contributed by atoms with E-state index in [2.05, 4.69) is 12.3 Å². The van der Waals surface area contributed by atoms with Crippen LogP contribution in [0, 0.1) is 0 Å². The highest BCUT2D eigenvalue weighted by molar-refractivity contribution is 5.36. The molecule has 0 spiro atoms. The third-order valence-electron chi connectivity index (χ3n) is 3.13. The third kappa shape index (κ3) is 4.76. The van der Waals surface area contributed by atoms with Crippen molar-refractivity contribution in [2.45, 2.75) is 32.4 Å². The van der Waals surface area contributed by atoms with Gasteiger partial charge in [0.1, 0.15) is 12.4 Å². The predicted octanol–water partition coefficient (Wildman–Crippen LogP) is 2.03. The quantitative estimate of drug-likeness (QED) is 0.390. The Labute approximate surface area is 121 Å². The second-order valence-corrected chi connectivity index (χ2v) is 4.43. The zero-order valence-corrected chi connectivity index (χ0v) is 12.6. The molecule has 5 heteroatoms. The molecule has 0 radical (unpaired) electrons. The van der Waals surface area contributed by atoms with Gasteiger partial charge in [-0.2, -0.15) is 0 Å². The van der Waals surface area contributed by atoms with Gasteiger partial charge in [0.05, 0.1) is 18.8 Å². The summed E-state index contributed by atoms with van der Waals surface area (Å²) in [6.45, 7) is 5.79. The van der Waals surface area contributed by atoms with Gasteiger partial charge in [-0.3, -0.25) is 11.3 Å². The average Bonchev–Trinajstić information content (AvgIpc) is 2.48. The fourth-order valence-corrected chi connectivity index (χ4v) is 2.17. The zero-order chi connectivity index (χ0) is 14.8. The number of hydrogen-bond acceptors (Lipinski definition) is 5. The van der Waals surface area contributed by atoms with Gasteiger partial charge >= 0.3 is 0 Å². The molecule has 0 saturated carbocycles. The van der Waals surface area contributed by atoms with Gasteiger partial charge in [0.2, 0.25) is 0 Å². The minimum absolute atomic E-state index is 0.0113. The summed E-state index contributed by atoms with van der Waals surface area (Å²) in [5.74, 6) is 6.54. The summed E-state index contributed by atoms with van der Waals surface area (Å²) in [4.78, 5) is 0. The Morgan fingerprint density at radius 2 is 1.95 bits per heavy atom. The largest absolute Gasteiger partial charge is 0.491 e. The number of benzene rings is 1. The second kappa shape index (κ2) is 9.72. The van der Waals surface area contributed by atoms with E-state index in [9.17, 15) is 0 Å². The highest BCUT2D eigenvalue weighted by atomic mass is 16.5. The van der Waals surface area contributed by atoms with E-state index in [4.69, 9.17) is 20.1 Å². The van der Waals surface area contributed by atoms with Crippen LogP contribution in [0.1, 0.15) is 31.9 Å². The van der Waals surface area contributed by atoms with Crippen LogP contribution in [0.3, 0.4) is 0 Å². The molecule has 0 heterocycles. The van der Waals surface area contributed by atoms with E-state index < -0.39 is 0 Å². The molecule has 1 aromatic rings. The van der Waals surface area contributed by atoms with Crippen molar-refractivity contribution in [2.75, 3.05) is 26.9 Å². The van der Waals surface area contributed by atoms with Gasteiger partial charge in [0, 0.05) is 19.3 Å². The van der Waals surface area contributed by atoms with Crippen LogP contribution in [0.25, 0.3) is 0 Å². The minimum Gasteiger partial charge on any atom is -0.491 e. The van der Waals surface area contributed by atoms with Crippen LogP contribution in [0.2, 0.25) is 0 Å². The van der Waals surface area contributed by atoms with Gasteiger partial charge in [0.25, 0.3) is 0 Å². The second-order valence-electron chi connectivity index (χ2n) is 4.43. The number of hydrazine groups is 1. The van der Waals surface area contributed by atoms with Crippen molar-refractivity contribution in [1.82, 2.24) is 5.43 Å². The van der Waals surface area contributed by atoms with Crippen LogP contribution in [0.4, 0.5) is 0 Å². The topological polar surface area (TPSA) is 65.7 Å². The molecule has 0 aliphatic heterocycles. The lowest BCUT2D eigenvalue weighted by Crippen LogP contribution is -2.38. The molecule has 114 valence electrons. The van der Waals surface area contributed by atoms with Crippen LogP contribution in [0.5, 0.6) is 5.75 Å². The predicted molar refractivity (Wildman–Crippen MR) is 79.6 cm³/mol. The molecular formula is C15H26N2O3. The highest BCUT2D eigenvalue weighted by Crippen LogP contribution is 2.29. The van der Waals surface area contributed by atoms with Crippen molar-refractivity contribution in [1.29, 1.82) is 0 Å². The van der Waals surface area contributed by atoms with Gasteiger partial charge in [0.15, 0.2) is 0 Å². The van der Waals surface area contributed by atoms with Crippen molar-refractivity contribution in [3.8, 4) is 5.75 Å². The fraction of sp³-hybridized carbons (Fsp3) is 0.600. The van der Waals surface area contributed by atoms with Crippen LogP contribution in [0.15, 0.2) is 24.3 Å². The lowest BCUT2D eigenvalue weighted by molar-refractivity contribution is 0.0304. The van der Waals surface area contributed by atoms with Gasteiger partial charge < -0.3 is 14.2 Å². The zero-order valence-electron chi connectivity index (χ0n) is 12.6. The maximum absolute atomic E-state index is 5.76. The molecule has 1 rings (SSSR count). The molecule has 0 aromatic heterocycles. The molecule has 0 amide bonds. The number of para-hydroxylation sites is 1. The molecule has 0 aliphatic carbocycles. The molecule has 0 saturated heterocycles. The van der Waals surface area contributed by atoms with Gasteiger partial charge in [-0.05, 0) is 19.4 Å². The minimum atomic E-state index is -0.0984. The summed E-state index contributed by atoms with van der Waals surface area (Å²) in [7, 11) is 1.65. The van der Waals surface area contributed by atoms with Crippen LogP contribution in [-0.4, -0.2) is 33.0 Å². The fourth-order valence-electron chi connectivity index (χ4n) is 2.17. The van der Waals surface area contributed by atoms with Gasteiger partial charge in [-0.1, -0.05) is 25.1 Å². The van der Waals surface area contributed by atoms with Crippen molar-refractivity contribution >= 4 is 0 Å². The Morgan fingerprint density at radius 1 is 1.20 bits per heavy atom. The summed E-state index contributed by atoms with van der Waals surface area (Å²) in [5.41, 5.74) is 3.85. The Kier molecular flexibility index (Phi) is 8.22. The molecule has 0 aliphatic rings. The molecular weight excluding hydrogens is 256 g/mol. The SMILES string of the molecule is CCOC(CC)C(NN)c1ccccc1OCCOC. The summed E-state index contributed by atoms with van der Waals surface area (Å²) < 4.78 is 16.5. The molecule has 2 unspecified atom stereocenters. The van der Waals surface area contributed by atoms with E-state index in [0.29, 0.717) is 19.8 Å².